The van der Waals surface area contributed by atoms with Crippen LogP contribution in [-0.2, 0) is 4.74 Å². The van der Waals surface area contributed by atoms with Crippen LogP contribution in [0.3, 0.4) is 0 Å². The Hall–Kier alpha value is -0.180. The largest absolute Gasteiger partial charge is 0.358 e. The zero-order chi connectivity index (χ0) is 9.35. The number of hydrogen-bond acceptors (Lipinski definition) is 1. The van der Waals surface area contributed by atoms with E-state index < -0.39 is 18.1 Å². The third-order valence-corrected chi connectivity index (χ3v) is 2.24. The first-order valence-corrected chi connectivity index (χ1v) is 4.47. The van der Waals surface area contributed by atoms with Gasteiger partial charge in [-0.25, -0.2) is 0 Å². The molecule has 0 aromatic rings. The van der Waals surface area contributed by atoms with Crippen LogP contribution in [0.15, 0.2) is 0 Å². The molecule has 72 valence electrons. The van der Waals surface area contributed by atoms with Crippen molar-refractivity contribution in [2.24, 2.45) is 11.8 Å². The van der Waals surface area contributed by atoms with E-state index in [1.165, 1.54) is 0 Å². The van der Waals surface area contributed by atoms with Gasteiger partial charge in [0.1, 0.15) is 0 Å². The van der Waals surface area contributed by atoms with Crippen LogP contribution >= 0.6 is 0 Å². The zero-order valence-electron chi connectivity index (χ0n) is 7.81. The number of ether oxygens (including phenoxy) is 1. The van der Waals surface area contributed by atoms with Crippen molar-refractivity contribution in [3.63, 3.8) is 0 Å². The summed E-state index contributed by atoms with van der Waals surface area (Å²) in [6.07, 6.45) is -2.10. The number of hydrogen-bond donors (Lipinski definition) is 0. The van der Waals surface area contributed by atoms with E-state index in [1.807, 2.05) is 6.92 Å². The van der Waals surface area contributed by atoms with Crippen LogP contribution in [0, 0.1) is 11.8 Å². The molecule has 0 saturated heterocycles. The van der Waals surface area contributed by atoms with Crippen LogP contribution in [0.1, 0.15) is 33.6 Å². The smallest absolute Gasteiger partial charge is 0.318 e. The predicted octanol–water partition coefficient (Wildman–Crippen LogP) is 3.05. The molecule has 0 N–H and O–H groups in total. The molecule has 12 heavy (non-hydrogen) atoms. The number of alkyl halides is 2. The lowest BCUT2D eigenvalue weighted by molar-refractivity contribution is -0.304. The minimum absolute atomic E-state index is 0.393. The first-order chi connectivity index (χ1) is 5.42. The lowest BCUT2D eigenvalue weighted by Crippen LogP contribution is -2.41. The first kappa shape index (κ1) is 9.90. The van der Waals surface area contributed by atoms with Crippen LogP contribution in [0.2, 0.25) is 0 Å². The van der Waals surface area contributed by atoms with Crippen LogP contribution in [0.4, 0.5) is 8.78 Å². The molecule has 0 unspecified atom stereocenters. The first-order valence-electron chi connectivity index (χ1n) is 4.47. The Labute approximate surface area is 72.1 Å². The van der Waals surface area contributed by atoms with Gasteiger partial charge in [-0.2, -0.15) is 8.78 Å². The van der Waals surface area contributed by atoms with Gasteiger partial charge in [0.15, 0.2) is 0 Å². The van der Waals surface area contributed by atoms with Crippen LogP contribution in [0.25, 0.3) is 0 Å². The molecule has 1 nitrogen and oxygen atoms in total. The second-order valence-corrected chi connectivity index (χ2v) is 4.00. The molecular formula is C9H16F2O. The molecule has 1 rings (SSSR count). The summed E-state index contributed by atoms with van der Waals surface area (Å²) in [5.41, 5.74) is 0. The lowest BCUT2D eigenvalue weighted by atomic mass is 9.75. The van der Waals surface area contributed by atoms with Crippen LogP contribution < -0.4 is 0 Å². The molecule has 1 fully saturated rings. The Morgan fingerprint density at radius 3 is 2.17 bits per heavy atom. The highest BCUT2D eigenvalue weighted by Crippen LogP contribution is 2.44. The highest BCUT2D eigenvalue weighted by Gasteiger charge is 2.47. The molecule has 0 amide bonds. The Balaban J connectivity index is 2.38. The van der Waals surface area contributed by atoms with Crippen molar-refractivity contribution in [1.82, 2.24) is 0 Å². The fraction of sp³-hybridized carbons (Fsp3) is 1.00. The summed E-state index contributed by atoms with van der Waals surface area (Å²) in [7, 11) is 0. The minimum Gasteiger partial charge on any atom is -0.318 e. The molecule has 0 spiro atoms. The second kappa shape index (κ2) is 3.29. The summed E-state index contributed by atoms with van der Waals surface area (Å²) < 4.78 is 30.7. The lowest BCUT2D eigenvalue weighted by Gasteiger charge is -2.38. The van der Waals surface area contributed by atoms with Gasteiger partial charge in [-0.1, -0.05) is 6.92 Å². The van der Waals surface area contributed by atoms with Crippen molar-refractivity contribution in [2.75, 3.05) is 0 Å². The SMILES string of the molecule is CC1CC(C(F)(F)OC(C)C)C1. The molecule has 1 saturated carbocycles. The van der Waals surface area contributed by atoms with E-state index in [9.17, 15) is 8.78 Å². The zero-order valence-corrected chi connectivity index (χ0v) is 7.81. The summed E-state index contributed by atoms with van der Waals surface area (Å²) in [5.74, 6) is -0.105. The molecule has 0 aliphatic heterocycles. The molecule has 0 aromatic carbocycles. The van der Waals surface area contributed by atoms with E-state index in [4.69, 9.17) is 0 Å². The van der Waals surface area contributed by atoms with Gasteiger partial charge in [-0.15, -0.1) is 0 Å². The third-order valence-electron chi connectivity index (χ3n) is 2.24. The highest BCUT2D eigenvalue weighted by molar-refractivity contribution is 4.82. The van der Waals surface area contributed by atoms with E-state index in [1.54, 1.807) is 13.8 Å². The summed E-state index contributed by atoms with van der Waals surface area (Å²) in [5, 5.41) is 0. The van der Waals surface area contributed by atoms with Crippen molar-refractivity contribution in [3.05, 3.63) is 0 Å². The van der Waals surface area contributed by atoms with Gasteiger partial charge < -0.3 is 4.74 Å². The average Bonchev–Trinajstić information content (AvgIpc) is 1.77. The predicted molar refractivity (Wildman–Crippen MR) is 43.1 cm³/mol. The monoisotopic (exact) mass is 178 g/mol. The van der Waals surface area contributed by atoms with Crippen molar-refractivity contribution in [1.29, 1.82) is 0 Å². The fourth-order valence-corrected chi connectivity index (χ4v) is 1.59. The van der Waals surface area contributed by atoms with Crippen LogP contribution in [0.5, 0.6) is 0 Å². The maximum absolute atomic E-state index is 13.1. The van der Waals surface area contributed by atoms with Crippen molar-refractivity contribution in [3.8, 4) is 0 Å². The Morgan fingerprint density at radius 1 is 1.33 bits per heavy atom. The molecule has 3 heteroatoms. The minimum atomic E-state index is -2.90. The van der Waals surface area contributed by atoms with Crippen molar-refractivity contribution >= 4 is 0 Å². The molecule has 0 atom stereocenters. The summed E-state index contributed by atoms with van der Waals surface area (Å²) >= 11 is 0. The van der Waals surface area contributed by atoms with Gasteiger partial charge in [0.2, 0.25) is 0 Å². The summed E-state index contributed by atoms with van der Waals surface area (Å²) in [6.45, 7) is 5.26. The molecule has 0 aromatic heterocycles. The molecule has 1 aliphatic carbocycles. The second-order valence-electron chi connectivity index (χ2n) is 4.00. The Morgan fingerprint density at radius 2 is 1.83 bits per heavy atom. The van der Waals surface area contributed by atoms with Crippen molar-refractivity contribution < 1.29 is 13.5 Å². The standard InChI is InChI=1S/C9H16F2O/c1-6(2)12-9(10,11)8-4-7(3)5-8/h6-8H,4-5H2,1-3H3. The molecule has 1 aliphatic rings. The number of halogens is 2. The van der Waals surface area contributed by atoms with Gasteiger partial charge in [0.25, 0.3) is 0 Å². The maximum atomic E-state index is 13.1. The van der Waals surface area contributed by atoms with Gasteiger partial charge in [0, 0.05) is 0 Å². The van der Waals surface area contributed by atoms with Crippen LogP contribution in [-0.4, -0.2) is 12.2 Å². The van der Waals surface area contributed by atoms with E-state index in [0.29, 0.717) is 18.8 Å². The molecule has 0 radical (unpaired) electrons. The van der Waals surface area contributed by atoms with Gasteiger partial charge in [0.05, 0.1) is 12.0 Å². The summed E-state index contributed by atoms with van der Waals surface area (Å²) in [6, 6.07) is 0. The average molecular weight is 178 g/mol. The molecule has 0 heterocycles. The fourth-order valence-electron chi connectivity index (χ4n) is 1.59. The third kappa shape index (κ3) is 2.16. The Bertz CT molecular complexity index is 151. The topological polar surface area (TPSA) is 9.23 Å². The molecular weight excluding hydrogens is 162 g/mol. The Kier molecular flexibility index (Phi) is 2.71. The highest BCUT2D eigenvalue weighted by atomic mass is 19.3. The van der Waals surface area contributed by atoms with E-state index in [2.05, 4.69) is 4.74 Å². The van der Waals surface area contributed by atoms with Gasteiger partial charge >= 0.3 is 6.11 Å². The van der Waals surface area contributed by atoms with E-state index >= 15 is 0 Å². The van der Waals surface area contributed by atoms with E-state index in [-0.39, 0.29) is 0 Å². The van der Waals surface area contributed by atoms with Crippen molar-refractivity contribution in [2.45, 2.75) is 45.8 Å². The van der Waals surface area contributed by atoms with E-state index in [0.717, 1.165) is 0 Å². The quantitative estimate of drug-likeness (QED) is 0.645. The van der Waals surface area contributed by atoms with Gasteiger partial charge in [-0.3, -0.25) is 0 Å². The van der Waals surface area contributed by atoms with Gasteiger partial charge in [-0.05, 0) is 32.6 Å². The maximum Gasteiger partial charge on any atom is 0.358 e. The molecule has 0 bridgehead atoms. The normalized spacial score (nSPS) is 30.5. The number of rotatable bonds is 3. The summed E-state index contributed by atoms with van der Waals surface area (Å²) in [4.78, 5) is 0.